The number of methoxy groups -OCH3 is 2. The van der Waals surface area contributed by atoms with Gasteiger partial charge in [0.2, 0.25) is 0 Å². The van der Waals surface area contributed by atoms with Gasteiger partial charge in [-0.05, 0) is 60.3 Å². The van der Waals surface area contributed by atoms with Crippen molar-refractivity contribution in [1.29, 1.82) is 0 Å². The van der Waals surface area contributed by atoms with E-state index in [1.807, 2.05) is 66.7 Å². The predicted molar refractivity (Wildman–Crippen MR) is 135 cm³/mol. The quantitative estimate of drug-likeness (QED) is 0.425. The molecule has 0 aliphatic carbocycles. The molecule has 4 rings (SSSR count). The van der Waals surface area contributed by atoms with Gasteiger partial charge < -0.3 is 24.2 Å². The van der Waals surface area contributed by atoms with E-state index in [4.69, 9.17) is 14.2 Å². The molecule has 1 heterocycles. The molecule has 184 valence electrons. The highest BCUT2D eigenvalue weighted by Crippen LogP contribution is 2.41. The van der Waals surface area contributed by atoms with Gasteiger partial charge in [-0.25, -0.2) is 0 Å². The molecular formula is C29H33NO5. The molecule has 0 radical (unpaired) electrons. The van der Waals surface area contributed by atoms with Crippen molar-refractivity contribution in [2.45, 2.75) is 18.4 Å². The highest BCUT2D eigenvalue weighted by atomic mass is 16.5. The Bertz CT molecular complexity index is 1030. The summed E-state index contributed by atoms with van der Waals surface area (Å²) in [5.41, 5.74) is 2.12. The number of benzene rings is 3. The maximum absolute atomic E-state index is 11.5. The van der Waals surface area contributed by atoms with Gasteiger partial charge >= 0.3 is 5.97 Å². The van der Waals surface area contributed by atoms with Crippen LogP contribution in [0.4, 0.5) is 0 Å². The van der Waals surface area contributed by atoms with Crippen LogP contribution in [-0.2, 0) is 15.1 Å². The number of carbonyl (C=O) groups is 1. The first kappa shape index (κ1) is 24.8. The first-order valence-corrected chi connectivity index (χ1v) is 12.0. The van der Waals surface area contributed by atoms with Gasteiger partial charge in [0.05, 0.1) is 26.7 Å². The van der Waals surface area contributed by atoms with Gasteiger partial charge in [0.1, 0.15) is 17.1 Å². The van der Waals surface area contributed by atoms with Crippen molar-refractivity contribution in [2.75, 3.05) is 40.5 Å². The summed E-state index contributed by atoms with van der Waals surface area (Å²) in [7, 11) is 3.31. The monoisotopic (exact) mass is 475 g/mol. The third-order valence-electron chi connectivity index (χ3n) is 6.75. The second-order valence-corrected chi connectivity index (χ2v) is 8.83. The summed E-state index contributed by atoms with van der Waals surface area (Å²) in [4.78, 5) is 13.7. The number of piperidine rings is 1. The molecule has 6 nitrogen and oxygen atoms in total. The first-order chi connectivity index (χ1) is 17.1. The minimum Gasteiger partial charge on any atom is -0.497 e. The van der Waals surface area contributed by atoms with Gasteiger partial charge in [0.25, 0.3) is 0 Å². The molecule has 1 N–H and O–H groups in total. The summed E-state index contributed by atoms with van der Waals surface area (Å²) in [5, 5.41) is 9.46. The van der Waals surface area contributed by atoms with Crippen molar-refractivity contribution in [2.24, 2.45) is 5.92 Å². The zero-order chi connectivity index (χ0) is 24.7. The number of carboxylic acid groups (broad SMARTS) is 1. The Hall–Kier alpha value is -3.35. The number of aliphatic carboxylic acids is 1. The van der Waals surface area contributed by atoms with E-state index in [1.54, 1.807) is 14.2 Å². The zero-order valence-electron chi connectivity index (χ0n) is 20.4. The fraction of sp³-hybridized carbons (Fsp3) is 0.345. The third kappa shape index (κ3) is 5.50. The van der Waals surface area contributed by atoms with Crippen molar-refractivity contribution in [3.8, 4) is 11.5 Å². The molecule has 0 bridgehead atoms. The van der Waals surface area contributed by atoms with E-state index in [2.05, 4.69) is 17.0 Å². The van der Waals surface area contributed by atoms with Crippen molar-refractivity contribution in [1.82, 2.24) is 4.90 Å². The smallest absolute Gasteiger partial charge is 0.307 e. The molecule has 6 heteroatoms. The molecule has 0 aromatic heterocycles. The summed E-state index contributed by atoms with van der Waals surface area (Å²) >= 11 is 0. The van der Waals surface area contributed by atoms with Crippen LogP contribution in [0, 0.1) is 5.92 Å². The highest BCUT2D eigenvalue weighted by molar-refractivity contribution is 5.70. The molecule has 0 saturated carbocycles. The number of rotatable bonds is 10. The molecule has 3 aromatic carbocycles. The summed E-state index contributed by atoms with van der Waals surface area (Å²) in [6.07, 6.45) is 1.62. The average molecular weight is 476 g/mol. The SMILES string of the molecule is COc1ccc(C(OCCN2CCC[C@H](C(=O)O)C2)(c2ccccc2)c2ccc(OC)cc2)cc1. The Morgan fingerprint density at radius 3 is 1.94 bits per heavy atom. The summed E-state index contributed by atoms with van der Waals surface area (Å²) in [6.45, 7) is 2.54. The van der Waals surface area contributed by atoms with Gasteiger partial charge in [-0.3, -0.25) is 4.79 Å². The van der Waals surface area contributed by atoms with Gasteiger partial charge in [-0.15, -0.1) is 0 Å². The van der Waals surface area contributed by atoms with Gasteiger partial charge in [-0.1, -0.05) is 54.6 Å². The van der Waals surface area contributed by atoms with Crippen LogP contribution in [0.25, 0.3) is 0 Å². The normalized spacial score (nSPS) is 16.6. The van der Waals surface area contributed by atoms with Gasteiger partial charge in [-0.2, -0.15) is 0 Å². The van der Waals surface area contributed by atoms with E-state index in [-0.39, 0.29) is 5.92 Å². The number of hydrogen-bond donors (Lipinski definition) is 1. The van der Waals surface area contributed by atoms with E-state index in [0.717, 1.165) is 47.6 Å². The van der Waals surface area contributed by atoms with Crippen LogP contribution in [0.1, 0.15) is 29.5 Å². The second kappa shape index (κ2) is 11.4. The first-order valence-electron chi connectivity index (χ1n) is 12.0. The van der Waals surface area contributed by atoms with Crippen LogP contribution in [0.2, 0.25) is 0 Å². The number of carboxylic acids is 1. The lowest BCUT2D eigenvalue weighted by Crippen LogP contribution is -2.42. The van der Waals surface area contributed by atoms with Crippen molar-refractivity contribution < 1.29 is 24.1 Å². The summed E-state index contributed by atoms with van der Waals surface area (Å²) in [6, 6.07) is 26.1. The molecule has 35 heavy (non-hydrogen) atoms. The molecular weight excluding hydrogens is 442 g/mol. The summed E-state index contributed by atoms with van der Waals surface area (Å²) < 4.78 is 17.7. The maximum atomic E-state index is 11.5. The lowest BCUT2D eigenvalue weighted by molar-refractivity contribution is -0.143. The molecule has 1 aliphatic rings. The number of nitrogens with zero attached hydrogens (tertiary/aromatic N) is 1. The molecule has 0 amide bonds. The fourth-order valence-electron chi connectivity index (χ4n) is 4.86. The standard InChI is InChI=1S/C29H33NO5/c1-33-26-14-10-24(11-15-26)29(23-8-4-3-5-9-23,25-12-16-27(34-2)17-13-25)35-20-19-30-18-6-7-22(21-30)28(31)32/h3-5,8-17,22H,6-7,18-21H2,1-2H3,(H,31,32)/t22-/m0/s1. The summed E-state index contributed by atoms with van der Waals surface area (Å²) in [5.74, 6) is 0.522. The predicted octanol–water partition coefficient (Wildman–Crippen LogP) is 4.81. The van der Waals surface area contributed by atoms with Crippen LogP contribution in [0.5, 0.6) is 11.5 Å². The van der Waals surface area contributed by atoms with Crippen LogP contribution < -0.4 is 9.47 Å². The van der Waals surface area contributed by atoms with E-state index in [1.165, 1.54) is 0 Å². The number of likely N-dealkylation sites (tertiary alicyclic amines) is 1. The molecule has 0 unspecified atom stereocenters. The van der Waals surface area contributed by atoms with Gasteiger partial charge in [0.15, 0.2) is 0 Å². The molecule has 1 saturated heterocycles. The Kier molecular flexibility index (Phi) is 8.06. The minimum absolute atomic E-state index is 0.314. The van der Waals surface area contributed by atoms with Crippen LogP contribution in [0.15, 0.2) is 78.9 Å². The highest BCUT2D eigenvalue weighted by Gasteiger charge is 2.38. The lowest BCUT2D eigenvalue weighted by atomic mass is 9.80. The second-order valence-electron chi connectivity index (χ2n) is 8.83. The largest absolute Gasteiger partial charge is 0.497 e. The van der Waals surface area contributed by atoms with Crippen LogP contribution in [0.3, 0.4) is 0 Å². The van der Waals surface area contributed by atoms with E-state index >= 15 is 0 Å². The number of ether oxygens (including phenoxy) is 3. The number of hydrogen-bond acceptors (Lipinski definition) is 5. The Labute approximate surface area is 207 Å². The molecule has 1 aliphatic heterocycles. The fourth-order valence-corrected chi connectivity index (χ4v) is 4.86. The van der Waals surface area contributed by atoms with E-state index < -0.39 is 11.6 Å². The molecule has 1 atom stereocenters. The zero-order valence-corrected chi connectivity index (χ0v) is 20.4. The van der Waals surface area contributed by atoms with E-state index in [9.17, 15) is 9.90 Å². The minimum atomic E-state index is -0.859. The average Bonchev–Trinajstić information content (AvgIpc) is 2.92. The molecule has 0 spiro atoms. The van der Waals surface area contributed by atoms with E-state index in [0.29, 0.717) is 19.7 Å². The Morgan fingerprint density at radius 2 is 1.43 bits per heavy atom. The molecule has 1 fully saturated rings. The Morgan fingerprint density at radius 1 is 0.886 bits per heavy atom. The van der Waals surface area contributed by atoms with Crippen molar-refractivity contribution in [3.05, 3.63) is 95.6 Å². The van der Waals surface area contributed by atoms with Crippen LogP contribution >= 0.6 is 0 Å². The maximum Gasteiger partial charge on any atom is 0.307 e. The Balaban J connectivity index is 1.71. The van der Waals surface area contributed by atoms with Gasteiger partial charge in [0, 0.05) is 13.1 Å². The van der Waals surface area contributed by atoms with Crippen molar-refractivity contribution >= 4 is 5.97 Å². The third-order valence-corrected chi connectivity index (χ3v) is 6.75. The van der Waals surface area contributed by atoms with Crippen molar-refractivity contribution in [3.63, 3.8) is 0 Å². The molecule has 3 aromatic rings. The topological polar surface area (TPSA) is 68.2 Å². The lowest BCUT2D eigenvalue weighted by Gasteiger charge is -2.37. The van der Waals surface area contributed by atoms with Crippen LogP contribution in [-0.4, -0.2) is 56.4 Å².